The van der Waals surface area contributed by atoms with Crippen LogP contribution in [0.15, 0.2) is 18.2 Å². The molecule has 0 saturated carbocycles. The Bertz CT molecular complexity index is 448. The van der Waals surface area contributed by atoms with Crippen LogP contribution in [0, 0.1) is 12.7 Å². The van der Waals surface area contributed by atoms with Crippen LogP contribution in [-0.4, -0.2) is 23.0 Å². The first-order chi connectivity index (χ1) is 7.90. The molecule has 1 atom stereocenters. The maximum Gasteiger partial charge on any atom is 0.305 e. The number of nitrogens with two attached hydrogens (primary N) is 1. The van der Waals surface area contributed by atoms with Gasteiger partial charge in [-0.3, -0.25) is 9.59 Å². The number of aliphatic carboxylic acids is 1. The first-order valence-electron chi connectivity index (χ1n) is 4.94. The summed E-state index contributed by atoms with van der Waals surface area (Å²) in [5, 5.41) is 10.9. The zero-order chi connectivity index (χ0) is 13.0. The summed E-state index contributed by atoms with van der Waals surface area (Å²) in [6, 6.07) is 2.92. The fraction of sp³-hybridized carbons (Fsp3) is 0.273. The number of anilines is 1. The van der Waals surface area contributed by atoms with Crippen LogP contribution in [0.1, 0.15) is 12.0 Å². The van der Waals surface area contributed by atoms with Crippen molar-refractivity contribution in [2.24, 2.45) is 5.73 Å². The molecule has 0 aliphatic heterocycles. The first kappa shape index (κ1) is 13.1. The number of halogens is 1. The lowest BCUT2D eigenvalue weighted by Gasteiger charge is -2.10. The lowest BCUT2D eigenvalue weighted by molar-refractivity contribution is -0.138. The second kappa shape index (κ2) is 5.40. The molecule has 17 heavy (non-hydrogen) atoms. The minimum absolute atomic E-state index is 0.377. The smallest absolute Gasteiger partial charge is 0.305 e. The quantitative estimate of drug-likeness (QED) is 0.728. The molecule has 6 heteroatoms. The highest BCUT2D eigenvalue weighted by molar-refractivity contribution is 5.96. The molecule has 1 aromatic rings. The van der Waals surface area contributed by atoms with E-state index in [0.717, 1.165) is 0 Å². The standard InChI is InChI=1S/C11H13FN2O3/c1-6-4-7(2-3-8(6)12)14-11(17)9(13)5-10(15)16/h2-4,9H,5,13H2,1H3,(H,14,17)(H,15,16). The topological polar surface area (TPSA) is 92.4 Å². The van der Waals surface area contributed by atoms with E-state index < -0.39 is 24.3 Å². The number of rotatable bonds is 4. The summed E-state index contributed by atoms with van der Waals surface area (Å²) in [6.07, 6.45) is -0.452. The van der Waals surface area contributed by atoms with E-state index >= 15 is 0 Å². The number of carboxylic acids is 1. The summed E-state index contributed by atoms with van der Waals surface area (Å²) < 4.78 is 13.0. The minimum Gasteiger partial charge on any atom is -0.481 e. The molecular weight excluding hydrogens is 227 g/mol. The maximum atomic E-state index is 13.0. The van der Waals surface area contributed by atoms with Crippen molar-refractivity contribution in [1.29, 1.82) is 0 Å². The molecule has 5 nitrogen and oxygen atoms in total. The van der Waals surface area contributed by atoms with E-state index in [1.807, 2.05) is 0 Å². The van der Waals surface area contributed by atoms with Gasteiger partial charge in [-0.2, -0.15) is 0 Å². The highest BCUT2D eigenvalue weighted by Gasteiger charge is 2.17. The summed E-state index contributed by atoms with van der Waals surface area (Å²) in [5.74, 6) is -2.14. The van der Waals surface area contributed by atoms with Crippen LogP contribution in [0.25, 0.3) is 0 Å². The second-order valence-electron chi connectivity index (χ2n) is 3.66. The van der Waals surface area contributed by atoms with Gasteiger partial charge in [0.05, 0.1) is 12.5 Å². The van der Waals surface area contributed by atoms with E-state index in [0.29, 0.717) is 11.3 Å². The van der Waals surface area contributed by atoms with Gasteiger partial charge in [0.2, 0.25) is 5.91 Å². The highest BCUT2D eigenvalue weighted by Crippen LogP contribution is 2.13. The molecule has 1 aromatic carbocycles. The van der Waals surface area contributed by atoms with Gasteiger partial charge in [-0.25, -0.2) is 4.39 Å². The van der Waals surface area contributed by atoms with Crippen molar-refractivity contribution in [3.05, 3.63) is 29.6 Å². The SMILES string of the molecule is Cc1cc(NC(=O)C(N)CC(=O)O)ccc1F. The molecule has 92 valence electrons. The van der Waals surface area contributed by atoms with Gasteiger partial charge in [0.25, 0.3) is 0 Å². The van der Waals surface area contributed by atoms with Crippen molar-refractivity contribution < 1.29 is 19.1 Å². The van der Waals surface area contributed by atoms with E-state index in [-0.39, 0.29) is 5.82 Å². The van der Waals surface area contributed by atoms with Crippen molar-refractivity contribution in [3.63, 3.8) is 0 Å². The van der Waals surface area contributed by atoms with Crippen LogP contribution in [0.2, 0.25) is 0 Å². The van der Waals surface area contributed by atoms with Crippen LogP contribution < -0.4 is 11.1 Å². The van der Waals surface area contributed by atoms with Crippen molar-refractivity contribution in [3.8, 4) is 0 Å². The van der Waals surface area contributed by atoms with Gasteiger partial charge in [-0.1, -0.05) is 0 Å². The number of nitrogens with one attached hydrogen (secondary N) is 1. The normalized spacial score (nSPS) is 11.9. The van der Waals surface area contributed by atoms with Gasteiger partial charge in [0.15, 0.2) is 0 Å². The molecule has 0 radical (unpaired) electrons. The second-order valence-corrected chi connectivity index (χ2v) is 3.66. The van der Waals surface area contributed by atoms with Crippen LogP contribution in [0.4, 0.5) is 10.1 Å². The molecule has 1 amide bonds. The Labute approximate surface area is 97.4 Å². The third-order valence-corrected chi connectivity index (χ3v) is 2.16. The Hall–Kier alpha value is -1.95. The molecule has 0 fully saturated rings. The van der Waals surface area contributed by atoms with Crippen LogP contribution in [0.3, 0.4) is 0 Å². The number of hydrogen-bond donors (Lipinski definition) is 3. The van der Waals surface area contributed by atoms with Crippen LogP contribution in [0.5, 0.6) is 0 Å². The van der Waals surface area contributed by atoms with Gasteiger partial charge >= 0.3 is 5.97 Å². The van der Waals surface area contributed by atoms with Crippen molar-refractivity contribution in [2.75, 3.05) is 5.32 Å². The largest absolute Gasteiger partial charge is 0.481 e. The lowest BCUT2D eigenvalue weighted by Crippen LogP contribution is -2.37. The van der Waals surface area contributed by atoms with E-state index in [1.54, 1.807) is 6.92 Å². The Morgan fingerprint density at radius 2 is 2.18 bits per heavy atom. The van der Waals surface area contributed by atoms with Gasteiger partial charge in [0, 0.05) is 5.69 Å². The molecule has 0 aromatic heterocycles. The molecule has 0 spiro atoms. The van der Waals surface area contributed by atoms with Crippen LogP contribution in [-0.2, 0) is 9.59 Å². The Morgan fingerprint density at radius 1 is 1.53 bits per heavy atom. The minimum atomic E-state index is -1.15. The fourth-order valence-corrected chi connectivity index (χ4v) is 1.24. The predicted octanol–water partition coefficient (Wildman–Crippen LogP) is 0.875. The molecule has 0 saturated heterocycles. The Balaban J connectivity index is 2.67. The number of amides is 1. The average molecular weight is 240 g/mol. The van der Waals surface area contributed by atoms with Crippen LogP contribution >= 0.6 is 0 Å². The molecule has 1 unspecified atom stereocenters. The van der Waals surface area contributed by atoms with Gasteiger partial charge in [0.1, 0.15) is 5.82 Å². The number of carbonyl (C=O) groups excluding carboxylic acids is 1. The summed E-state index contributed by atoms with van der Waals surface area (Å²) in [5.41, 5.74) is 6.13. The molecule has 0 bridgehead atoms. The monoisotopic (exact) mass is 240 g/mol. The van der Waals surface area contributed by atoms with E-state index in [4.69, 9.17) is 10.8 Å². The molecule has 1 rings (SSSR count). The first-order valence-corrected chi connectivity index (χ1v) is 4.94. The van der Waals surface area contributed by atoms with Crippen molar-refractivity contribution >= 4 is 17.6 Å². The Kier molecular flexibility index (Phi) is 4.17. The number of benzene rings is 1. The van der Waals surface area contributed by atoms with E-state index in [2.05, 4.69) is 5.32 Å². The summed E-state index contributed by atoms with van der Waals surface area (Å²) >= 11 is 0. The number of aryl methyl sites for hydroxylation is 1. The summed E-state index contributed by atoms with van der Waals surface area (Å²) in [4.78, 5) is 21.8. The van der Waals surface area contributed by atoms with E-state index in [1.165, 1.54) is 18.2 Å². The molecule has 0 heterocycles. The van der Waals surface area contributed by atoms with Crippen molar-refractivity contribution in [2.45, 2.75) is 19.4 Å². The number of carbonyl (C=O) groups is 2. The third-order valence-electron chi connectivity index (χ3n) is 2.16. The predicted molar refractivity (Wildman–Crippen MR) is 60.0 cm³/mol. The third kappa shape index (κ3) is 3.84. The molecule has 0 aliphatic carbocycles. The fourth-order valence-electron chi connectivity index (χ4n) is 1.24. The Morgan fingerprint density at radius 3 is 2.71 bits per heavy atom. The van der Waals surface area contributed by atoms with Gasteiger partial charge in [-0.05, 0) is 30.7 Å². The van der Waals surface area contributed by atoms with Gasteiger partial charge < -0.3 is 16.2 Å². The average Bonchev–Trinajstić information content (AvgIpc) is 2.22. The zero-order valence-corrected chi connectivity index (χ0v) is 9.24. The summed E-state index contributed by atoms with van der Waals surface area (Å²) in [7, 11) is 0. The number of carboxylic acid groups (broad SMARTS) is 1. The number of hydrogen-bond acceptors (Lipinski definition) is 3. The molecule has 4 N–H and O–H groups in total. The molecule has 0 aliphatic rings. The van der Waals surface area contributed by atoms with E-state index in [9.17, 15) is 14.0 Å². The highest BCUT2D eigenvalue weighted by atomic mass is 19.1. The maximum absolute atomic E-state index is 13.0. The zero-order valence-electron chi connectivity index (χ0n) is 9.24. The lowest BCUT2D eigenvalue weighted by atomic mass is 10.2. The molecular formula is C11H13FN2O3. The van der Waals surface area contributed by atoms with Gasteiger partial charge in [-0.15, -0.1) is 0 Å². The van der Waals surface area contributed by atoms with Crippen molar-refractivity contribution in [1.82, 2.24) is 0 Å². The summed E-state index contributed by atoms with van der Waals surface area (Å²) in [6.45, 7) is 1.56.